The van der Waals surface area contributed by atoms with Crippen LogP contribution in [0.1, 0.15) is 36.7 Å². The summed E-state index contributed by atoms with van der Waals surface area (Å²) in [6, 6.07) is 5.43. The fourth-order valence-corrected chi connectivity index (χ4v) is 2.54. The van der Waals surface area contributed by atoms with Gasteiger partial charge in [0.05, 0.1) is 0 Å². The minimum atomic E-state index is -0.0776. The monoisotopic (exact) mass is 247 g/mol. The summed E-state index contributed by atoms with van der Waals surface area (Å²) in [6.45, 7) is 3.04. The quantitative estimate of drug-likeness (QED) is 0.858. The fraction of sp³-hybridized carbons (Fsp3) is 0.571. The molecule has 1 saturated carbocycles. The Labute approximate surface area is 108 Å². The molecule has 0 radical (unpaired) electrons. The normalized spacial score (nSPS) is 22.8. The van der Waals surface area contributed by atoms with E-state index in [4.69, 9.17) is 0 Å². The van der Waals surface area contributed by atoms with Gasteiger partial charge in [0, 0.05) is 13.6 Å². The number of rotatable bonds is 4. The molecule has 0 saturated heterocycles. The van der Waals surface area contributed by atoms with E-state index in [0.717, 1.165) is 18.3 Å². The molecule has 2 rings (SSSR count). The Morgan fingerprint density at radius 2 is 2.28 bits per heavy atom. The number of anilines is 1. The first kappa shape index (κ1) is 12.9. The Kier molecular flexibility index (Phi) is 4.18. The van der Waals surface area contributed by atoms with Crippen LogP contribution >= 0.6 is 0 Å². The van der Waals surface area contributed by atoms with E-state index in [1.807, 2.05) is 12.1 Å². The minimum Gasteiger partial charge on any atom is -0.373 e. The van der Waals surface area contributed by atoms with E-state index in [-0.39, 0.29) is 5.91 Å². The second-order valence-electron chi connectivity index (χ2n) is 5.04. The van der Waals surface area contributed by atoms with Gasteiger partial charge in [-0.2, -0.15) is 0 Å². The van der Waals surface area contributed by atoms with Gasteiger partial charge in [0.15, 0.2) is 0 Å². The largest absolute Gasteiger partial charge is 0.373 e. The molecular formula is C14H21N3O. The molecule has 1 fully saturated rings. The maximum Gasteiger partial charge on any atom is 0.269 e. The summed E-state index contributed by atoms with van der Waals surface area (Å²) in [5.74, 6) is 1.99. The molecule has 1 aromatic rings. The van der Waals surface area contributed by atoms with Gasteiger partial charge < -0.3 is 10.6 Å². The predicted molar refractivity (Wildman–Crippen MR) is 72.6 cm³/mol. The van der Waals surface area contributed by atoms with E-state index < -0.39 is 0 Å². The first-order valence-corrected chi connectivity index (χ1v) is 6.63. The molecule has 1 aromatic heterocycles. The zero-order chi connectivity index (χ0) is 13.0. The summed E-state index contributed by atoms with van der Waals surface area (Å²) >= 11 is 0. The second kappa shape index (κ2) is 5.85. The number of carbonyl (C=O) groups is 1. The second-order valence-corrected chi connectivity index (χ2v) is 5.04. The summed E-state index contributed by atoms with van der Waals surface area (Å²) < 4.78 is 0. The van der Waals surface area contributed by atoms with E-state index in [9.17, 15) is 4.79 Å². The summed E-state index contributed by atoms with van der Waals surface area (Å²) in [7, 11) is 1.80. The maximum absolute atomic E-state index is 12.0. The zero-order valence-corrected chi connectivity index (χ0v) is 11.1. The Balaban J connectivity index is 1.90. The molecule has 1 aliphatic carbocycles. The number of hydrogen-bond donors (Lipinski definition) is 2. The van der Waals surface area contributed by atoms with Gasteiger partial charge in [0.1, 0.15) is 11.5 Å². The third kappa shape index (κ3) is 3.00. The molecule has 1 heterocycles. The molecular weight excluding hydrogens is 226 g/mol. The highest BCUT2D eigenvalue weighted by molar-refractivity contribution is 5.92. The van der Waals surface area contributed by atoms with Gasteiger partial charge in [-0.15, -0.1) is 0 Å². The van der Waals surface area contributed by atoms with E-state index in [2.05, 4.69) is 22.5 Å². The summed E-state index contributed by atoms with van der Waals surface area (Å²) in [6.07, 6.45) is 3.80. The first-order valence-electron chi connectivity index (χ1n) is 6.63. The lowest BCUT2D eigenvalue weighted by molar-refractivity contribution is 0.0940. The summed E-state index contributed by atoms with van der Waals surface area (Å²) in [5, 5.41) is 5.93. The van der Waals surface area contributed by atoms with Crippen LogP contribution in [0.15, 0.2) is 18.2 Å². The Hall–Kier alpha value is -1.58. The molecule has 2 N–H and O–H groups in total. The highest BCUT2D eigenvalue weighted by Crippen LogP contribution is 2.30. The van der Waals surface area contributed by atoms with Crippen LogP contribution in [0.4, 0.5) is 5.82 Å². The van der Waals surface area contributed by atoms with Crippen molar-refractivity contribution in [2.45, 2.75) is 26.2 Å². The zero-order valence-electron chi connectivity index (χ0n) is 11.1. The predicted octanol–water partition coefficient (Wildman–Crippen LogP) is 2.29. The average molecular weight is 247 g/mol. The van der Waals surface area contributed by atoms with Crippen molar-refractivity contribution in [1.29, 1.82) is 0 Å². The SMILES string of the molecule is CNc1cccc(C(=O)NCC2CCCC2C)n1. The number of aromatic nitrogens is 1. The van der Waals surface area contributed by atoms with Crippen molar-refractivity contribution in [3.05, 3.63) is 23.9 Å². The molecule has 0 spiro atoms. The molecule has 2 atom stereocenters. The molecule has 4 heteroatoms. The summed E-state index contributed by atoms with van der Waals surface area (Å²) in [5.41, 5.74) is 0.479. The average Bonchev–Trinajstić information content (AvgIpc) is 2.81. The smallest absolute Gasteiger partial charge is 0.269 e. The van der Waals surface area contributed by atoms with E-state index in [0.29, 0.717) is 11.6 Å². The van der Waals surface area contributed by atoms with Gasteiger partial charge >= 0.3 is 0 Å². The topological polar surface area (TPSA) is 54.0 Å². The third-order valence-corrected chi connectivity index (χ3v) is 3.80. The number of nitrogens with one attached hydrogen (secondary N) is 2. The molecule has 4 nitrogen and oxygen atoms in total. The standard InChI is InChI=1S/C14H21N3O/c1-10-5-3-6-11(10)9-16-14(18)12-7-4-8-13(15-2)17-12/h4,7-8,10-11H,3,5-6,9H2,1-2H3,(H,15,17)(H,16,18). The number of hydrogen-bond acceptors (Lipinski definition) is 3. The van der Waals surface area contributed by atoms with Crippen LogP contribution in [0.2, 0.25) is 0 Å². The van der Waals surface area contributed by atoms with Gasteiger partial charge in [0.2, 0.25) is 0 Å². The minimum absolute atomic E-state index is 0.0776. The van der Waals surface area contributed by atoms with Crippen molar-refractivity contribution in [2.24, 2.45) is 11.8 Å². The maximum atomic E-state index is 12.0. The highest BCUT2D eigenvalue weighted by Gasteiger charge is 2.23. The van der Waals surface area contributed by atoms with Crippen molar-refractivity contribution in [1.82, 2.24) is 10.3 Å². The molecule has 0 aromatic carbocycles. The van der Waals surface area contributed by atoms with Gasteiger partial charge in [-0.1, -0.05) is 25.8 Å². The Morgan fingerprint density at radius 1 is 1.44 bits per heavy atom. The Bertz CT molecular complexity index is 419. The number of pyridine rings is 1. The lowest BCUT2D eigenvalue weighted by atomic mass is 9.98. The molecule has 1 aliphatic rings. The van der Waals surface area contributed by atoms with Crippen molar-refractivity contribution < 1.29 is 4.79 Å². The van der Waals surface area contributed by atoms with Crippen LogP contribution < -0.4 is 10.6 Å². The van der Waals surface area contributed by atoms with Crippen molar-refractivity contribution >= 4 is 11.7 Å². The molecule has 98 valence electrons. The van der Waals surface area contributed by atoms with Crippen LogP contribution in [0.5, 0.6) is 0 Å². The summed E-state index contributed by atoms with van der Waals surface area (Å²) in [4.78, 5) is 16.2. The lowest BCUT2D eigenvalue weighted by Gasteiger charge is -2.15. The van der Waals surface area contributed by atoms with Crippen molar-refractivity contribution in [3.8, 4) is 0 Å². The van der Waals surface area contributed by atoms with Gasteiger partial charge in [-0.25, -0.2) is 4.98 Å². The fourth-order valence-electron chi connectivity index (χ4n) is 2.54. The molecule has 1 amide bonds. The van der Waals surface area contributed by atoms with Crippen LogP contribution in [-0.2, 0) is 0 Å². The van der Waals surface area contributed by atoms with Crippen molar-refractivity contribution in [3.63, 3.8) is 0 Å². The van der Waals surface area contributed by atoms with Crippen LogP contribution in [0.25, 0.3) is 0 Å². The van der Waals surface area contributed by atoms with E-state index >= 15 is 0 Å². The molecule has 18 heavy (non-hydrogen) atoms. The Morgan fingerprint density at radius 3 is 2.94 bits per heavy atom. The first-order chi connectivity index (χ1) is 8.70. The molecule has 2 unspecified atom stereocenters. The number of carbonyl (C=O) groups excluding carboxylic acids is 1. The molecule has 0 bridgehead atoms. The van der Waals surface area contributed by atoms with E-state index in [1.54, 1.807) is 13.1 Å². The van der Waals surface area contributed by atoms with Gasteiger partial charge in [-0.3, -0.25) is 4.79 Å². The van der Waals surface area contributed by atoms with E-state index in [1.165, 1.54) is 19.3 Å². The van der Waals surface area contributed by atoms with Crippen LogP contribution in [0, 0.1) is 11.8 Å². The number of nitrogens with zero attached hydrogens (tertiary/aromatic N) is 1. The van der Waals surface area contributed by atoms with Gasteiger partial charge in [-0.05, 0) is 30.4 Å². The lowest BCUT2D eigenvalue weighted by Crippen LogP contribution is -2.30. The van der Waals surface area contributed by atoms with Crippen LogP contribution in [-0.4, -0.2) is 24.5 Å². The van der Waals surface area contributed by atoms with Crippen LogP contribution in [0.3, 0.4) is 0 Å². The number of amides is 1. The molecule has 0 aliphatic heterocycles. The third-order valence-electron chi connectivity index (χ3n) is 3.80. The van der Waals surface area contributed by atoms with Gasteiger partial charge in [0.25, 0.3) is 5.91 Å². The van der Waals surface area contributed by atoms with Crippen molar-refractivity contribution in [2.75, 3.05) is 18.9 Å². The highest BCUT2D eigenvalue weighted by atomic mass is 16.1.